The molecule has 0 spiro atoms. The number of rotatable bonds is 3. The molecule has 0 heterocycles. The summed E-state index contributed by atoms with van der Waals surface area (Å²) in [5.74, 6) is -0.430. The molecule has 0 bridgehead atoms. The molecule has 0 fully saturated rings. The highest BCUT2D eigenvalue weighted by Crippen LogP contribution is 2.17. The molecule has 0 aliphatic carbocycles. The standard InChI is InChI=1S/C14H9BBr2N2O2/c15-12-6-11(17)5-9(13(12)20)7-18-19-14(21)8-1-3-10(16)4-2-8/h1-7,20H,(H,19,21)/b18-7+. The van der Waals surface area contributed by atoms with Crippen molar-refractivity contribution in [3.63, 3.8) is 0 Å². The highest BCUT2D eigenvalue weighted by Gasteiger charge is 2.05. The number of halogens is 2. The van der Waals surface area contributed by atoms with E-state index in [1.54, 1.807) is 36.4 Å². The van der Waals surface area contributed by atoms with Crippen molar-refractivity contribution in [1.82, 2.24) is 5.43 Å². The molecule has 1 amide bonds. The highest BCUT2D eigenvalue weighted by atomic mass is 79.9. The summed E-state index contributed by atoms with van der Waals surface area (Å²) in [6, 6.07) is 10.1. The number of nitrogens with one attached hydrogen (secondary N) is 1. The summed E-state index contributed by atoms with van der Waals surface area (Å²) in [5.41, 5.74) is 3.49. The van der Waals surface area contributed by atoms with Gasteiger partial charge in [0.15, 0.2) is 0 Å². The summed E-state index contributed by atoms with van der Waals surface area (Å²) in [5, 5.41) is 13.6. The van der Waals surface area contributed by atoms with Crippen LogP contribution in [0.4, 0.5) is 0 Å². The smallest absolute Gasteiger partial charge is 0.271 e. The Morgan fingerprint density at radius 1 is 1.19 bits per heavy atom. The minimum Gasteiger partial charge on any atom is -0.508 e. The lowest BCUT2D eigenvalue weighted by atomic mass is 9.93. The number of benzene rings is 2. The fourth-order valence-corrected chi connectivity index (χ4v) is 2.32. The summed E-state index contributed by atoms with van der Waals surface area (Å²) in [6.07, 6.45) is 1.33. The summed E-state index contributed by atoms with van der Waals surface area (Å²) in [4.78, 5) is 11.8. The van der Waals surface area contributed by atoms with E-state index >= 15 is 0 Å². The van der Waals surface area contributed by atoms with Gasteiger partial charge in [-0.3, -0.25) is 4.79 Å². The quantitative estimate of drug-likeness (QED) is 0.466. The molecule has 0 aliphatic rings. The van der Waals surface area contributed by atoms with Crippen LogP contribution in [0.25, 0.3) is 0 Å². The lowest BCUT2D eigenvalue weighted by molar-refractivity contribution is 0.0955. The Hall–Kier alpha value is -1.60. The molecule has 7 heteroatoms. The van der Waals surface area contributed by atoms with Gasteiger partial charge in [0, 0.05) is 20.1 Å². The monoisotopic (exact) mass is 406 g/mol. The number of phenolic OH excluding ortho intramolecular Hbond substituents is 1. The number of amides is 1. The van der Waals surface area contributed by atoms with Crippen LogP contribution in [0.5, 0.6) is 5.75 Å². The number of aromatic hydroxyl groups is 1. The summed E-state index contributed by atoms with van der Waals surface area (Å²) < 4.78 is 1.59. The molecule has 2 aromatic rings. The average molecular weight is 408 g/mol. The zero-order valence-electron chi connectivity index (χ0n) is 10.7. The first-order chi connectivity index (χ1) is 9.97. The Kier molecular flexibility index (Phi) is 5.19. The number of nitrogens with zero attached hydrogens (tertiary/aromatic N) is 1. The minimum absolute atomic E-state index is 0.0835. The maximum absolute atomic E-state index is 11.8. The third-order valence-corrected chi connectivity index (χ3v) is 3.60. The van der Waals surface area contributed by atoms with Crippen LogP contribution < -0.4 is 10.9 Å². The van der Waals surface area contributed by atoms with E-state index in [9.17, 15) is 9.90 Å². The maximum Gasteiger partial charge on any atom is 0.271 e. The predicted molar refractivity (Wildman–Crippen MR) is 90.4 cm³/mol. The molecule has 0 aromatic heterocycles. The van der Waals surface area contributed by atoms with E-state index in [0.29, 0.717) is 15.6 Å². The van der Waals surface area contributed by atoms with Crippen molar-refractivity contribution in [2.75, 3.05) is 0 Å². The fraction of sp³-hybridized carbons (Fsp3) is 0. The van der Waals surface area contributed by atoms with Crippen molar-refractivity contribution >= 4 is 57.3 Å². The molecule has 2 rings (SSSR count). The first kappa shape index (κ1) is 15.8. The van der Waals surface area contributed by atoms with Crippen molar-refractivity contribution in [3.05, 3.63) is 56.5 Å². The molecule has 4 nitrogen and oxygen atoms in total. The van der Waals surface area contributed by atoms with Gasteiger partial charge in [0.2, 0.25) is 0 Å². The van der Waals surface area contributed by atoms with Crippen LogP contribution in [0.3, 0.4) is 0 Å². The van der Waals surface area contributed by atoms with Crippen molar-refractivity contribution in [1.29, 1.82) is 0 Å². The van der Waals surface area contributed by atoms with E-state index in [0.717, 1.165) is 4.47 Å². The van der Waals surface area contributed by atoms with Gasteiger partial charge in [-0.1, -0.05) is 43.4 Å². The van der Waals surface area contributed by atoms with Gasteiger partial charge < -0.3 is 5.11 Å². The second-order valence-electron chi connectivity index (χ2n) is 4.14. The van der Waals surface area contributed by atoms with Gasteiger partial charge in [-0.25, -0.2) is 5.43 Å². The molecule has 2 N–H and O–H groups in total. The number of carbonyl (C=O) groups excluding carboxylic acids is 1. The number of hydrogen-bond acceptors (Lipinski definition) is 3. The van der Waals surface area contributed by atoms with E-state index in [4.69, 9.17) is 7.85 Å². The molecular formula is C14H9BBr2N2O2. The van der Waals surface area contributed by atoms with Gasteiger partial charge in [0.1, 0.15) is 13.6 Å². The zero-order valence-corrected chi connectivity index (χ0v) is 13.8. The van der Waals surface area contributed by atoms with Crippen LogP contribution in [0.2, 0.25) is 0 Å². The third kappa shape index (κ3) is 4.18. The first-order valence-corrected chi connectivity index (χ1v) is 7.43. The van der Waals surface area contributed by atoms with Crippen LogP contribution >= 0.6 is 31.9 Å². The Balaban J connectivity index is 2.09. The summed E-state index contributed by atoms with van der Waals surface area (Å²) >= 11 is 6.56. The van der Waals surface area contributed by atoms with E-state index in [1.807, 2.05) is 0 Å². The Morgan fingerprint density at radius 3 is 2.52 bits per heavy atom. The van der Waals surface area contributed by atoms with Crippen LogP contribution in [0, 0.1) is 0 Å². The number of hydrazone groups is 1. The minimum atomic E-state index is -0.346. The van der Waals surface area contributed by atoms with Crippen molar-refractivity contribution < 1.29 is 9.90 Å². The van der Waals surface area contributed by atoms with Gasteiger partial charge in [0.25, 0.3) is 5.91 Å². The van der Waals surface area contributed by atoms with E-state index in [-0.39, 0.29) is 17.1 Å². The van der Waals surface area contributed by atoms with Crippen LogP contribution in [-0.4, -0.2) is 25.1 Å². The maximum atomic E-state index is 11.8. The normalized spacial score (nSPS) is 10.8. The highest BCUT2D eigenvalue weighted by molar-refractivity contribution is 9.10. The molecule has 104 valence electrons. The Labute approximate surface area is 139 Å². The SMILES string of the molecule is [B]c1cc(Br)cc(/C=N/NC(=O)c2ccc(Br)cc2)c1O. The zero-order chi connectivity index (χ0) is 15.4. The number of carbonyl (C=O) groups is 1. The second kappa shape index (κ2) is 6.91. The molecule has 2 aromatic carbocycles. The molecule has 0 atom stereocenters. The Bertz CT molecular complexity index is 703. The van der Waals surface area contributed by atoms with E-state index in [1.165, 1.54) is 6.21 Å². The molecule has 0 unspecified atom stereocenters. The lowest BCUT2D eigenvalue weighted by Gasteiger charge is -2.04. The fourth-order valence-electron chi connectivity index (χ4n) is 1.57. The van der Waals surface area contributed by atoms with Gasteiger partial charge >= 0.3 is 0 Å². The molecule has 2 radical (unpaired) electrons. The summed E-state index contributed by atoms with van der Waals surface area (Å²) in [6.45, 7) is 0. The Morgan fingerprint density at radius 2 is 1.86 bits per heavy atom. The third-order valence-electron chi connectivity index (χ3n) is 2.61. The van der Waals surface area contributed by atoms with Gasteiger partial charge in [-0.05, 0) is 30.3 Å². The van der Waals surface area contributed by atoms with Gasteiger partial charge in [-0.15, -0.1) is 0 Å². The van der Waals surface area contributed by atoms with Crippen LogP contribution in [-0.2, 0) is 0 Å². The largest absolute Gasteiger partial charge is 0.508 e. The van der Waals surface area contributed by atoms with Crippen LogP contribution in [0.1, 0.15) is 15.9 Å². The van der Waals surface area contributed by atoms with E-state index in [2.05, 4.69) is 42.4 Å². The lowest BCUT2D eigenvalue weighted by Crippen LogP contribution is -2.17. The summed E-state index contributed by atoms with van der Waals surface area (Å²) in [7, 11) is 5.62. The van der Waals surface area contributed by atoms with Crippen molar-refractivity contribution in [3.8, 4) is 5.75 Å². The van der Waals surface area contributed by atoms with Crippen LogP contribution in [0.15, 0.2) is 50.4 Å². The topological polar surface area (TPSA) is 61.7 Å². The molecule has 21 heavy (non-hydrogen) atoms. The van der Waals surface area contributed by atoms with Crippen molar-refractivity contribution in [2.45, 2.75) is 0 Å². The number of phenols is 1. The number of hydrogen-bond donors (Lipinski definition) is 2. The second-order valence-corrected chi connectivity index (χ2v) is 5.97. The molecular weight excluding hydrogens is 399 g/mol. The van der Waals surface area contributed by atoms with E-state index < -0.39 is 0 Å². The molecule has 0 saturated carbocycles. The van der Waals surface area contributed by atoms with Gasteiger partial charge in [0.05, 0.1) is 6.21 Å². The molecule has 0 aliphatic heterocycles. The van der Waals surface area contributed by atoms with Gasteiger partial charge in [-0.2, -0.15) is 5.10 Å². The predicted octanol–water partition coefficient (Wildman–Crippen LogP) is 2.47. The first-order valence-electron chi connectivity index (χ1n) is 5.84. The average Bonchev–Trinajstić information content (AvgIpc) is 2.44. The van der Waals surface area contributed by atoms with Crippen molar-refractivity contribution in [2.24, 2.45) is 5.10 Å². The molecule has 0 saturated heterocycles.